The molecule has 3 nitrogen and oxygen atoms in total. The lowest BCUT2D eigenvalue weighted by Crippen LogP contribution is -2.35. The molecule has 0 N–H and O–H groups in total. The molecule has 0 atom stereocenters. The molecule has 1 aromatic rings. The highest BCUT2D eigenvalue weighted by molar-refractivity contribution is 6.50. The zero-order valence-corrected chi connectivity index (χ0v) is 15.3. The zero-order chi connectivity index (χ0) is 21.4. The Labute approximate surface area is 152 Å². The van der Waals surface area contributed by atoms with Crippen molar-refractivity contribution in [2.75, 3.05) is 27.2 Å². The Bertz CT molecular complexity index is 627. The van der Waals surface area contributed by atoms with Crippen LogP contribution in [0.15, 0.2) is 24.7 Å². The molecule has 154 valence electrons. The predicted octanol–water partition coefficient (Wildman–Crippen LogP) is 3.65. The summed E-state index contributed by atoms with van der Waals surface area (Å²) in [5.41, 5.74) is 3.78. The van der Waals surface area contributed by atoms with E-state index in [0.29, 0.717) is 0 Å². The molecular weight excluding hydrogens is 384 g/mol. The topological polar surface area (TPSA) is 10.1 Å². The van der Waals surface area contributed by atoms with Crippen LogP contribution >= 0.6 is 0 Å². The third-order valence-electron chi connectivity index (χ3n) is 2.95. The fourth-order valence-electron chi connectivity index (χ4n) is 2.12. The van der Waals surface area contributed by atoms with Gasteiger partial charge < -0.3 is 39.4 Å². The summed E-state index contributed by atoms with van der Waals surface area (Å²) in [6, 6.07) is 2.20. The number of aryl methyl sites for hydroxylation is 2. The van der Waals surface area contributed by atoms with E-state index in [4.69, 9.17) is 0 Å². The molecular formula is C14H21B2F8N3. The normalized spacial score (nSPS) is 14.7. The van der Waals surface area contributed by atoms with Gasteiger partial charge in [0.05, 0.1) is 12.7 Å². The Morgan fingerprint density at radius 2 is 1.30 bits per heavy atom. The highest BCUT2D eigenvalue weighted by Gasteiger charge is 2.21. The fraction of sp³-hybridized carbons (Fsp3) is 0.429. The molecule has 0 bridgehead atoms. The number of nitrogens with zero attached hydrogens (tertiary/aromatic N) is 3. The van der Waals surface area contributed by atoms with Crippen LogP contribution in [0.4, 0.5) is 34.5 Å². The van der Waals surface area contributed by atoms with Gasteiger partial charge in [-0.05, 0) is 19.9 Å². The number of pyridine rings is 1. The van der Waals surface area contributed by atoms with Crippen LogP contribution in [0.5, 0.6) is 0 Å². The van der Waals surface area contributed by atoms with E-state index in [9.17, 15) is 34.5 Å². The van der Waals surface area contributed by atoms with Gasteiger partial charge in [-0.2, -0.15) is 4.57 Å². The van der Waals surface area contributed by atoms with E-state index in [2.05, 4.69) is 72.9 Å². The maximum absolute atomic E-state index is 9.75. The highest BCUT2D eigenvalue weighted by atomic mass is 19.5. The van der Waals surface area contributed by atoms with Crippen LogP contribution in [-0.2, 0) is 0 Å². The number of hydrogen-bond donors (Lipinski definition) is 0. The summed E-state index contributed by atoms with van der Waals surface area (Å²) < 4.78 is 82.4. The Balaban J connectivity index is 0.000000563. The minimum absolute atomic E-state index is 1.06. The first kappa shape index (κ1) is 24.9. The quantitative estimate of drug-likeness (QED) is 0.394. The first-order chi connectivity index (χ1) is 12.0. The van der Waals surface area contributed by atoms with E-state index >= 15 is 0 Å². The average Bonchev–Trinajstić information content (AvgIpc) is 2.55. The lowest BCUT2D eigenvalue weighted by atomic mass is 10.2. The number of hydrogen-bond acceptors (Lipinski definition) is 1. The summed E-state index contributed by atoms with van der Waals surface area (Å²) >= 11 is 0. The van der Waals surface area contributed by atoms with E-state index in [1.54, 1.807) is 0 Å². The molecule has 0 saturated heterocycles. The van der Waals surface area contributed by atoms with Crippen molar-refractivity contribution < 1.29 is 43.7 Å². The van der Waals surface area contributed by atoms with Gasteiger partial charge in [0.2, 0.25) is 6.21 Å². The van der Waals surface area contributed by atoms with Crippen molar-refractivity contribution in [3.05, 3.63) is 35.8 Å². The molecule has 1 aliphatic rings. The smallest absolute Gasteiger partial charge is 0.418 e. The lowest BCUT2D eigenvalue weighted by molar-refractivity contribution is -0.581. The Hall–Kier alpha value is -2.07. The van der Waals surface area contributed by atoms with Crippen LogP contribution in [0.3, 0.4) is 0 Å². The largest absolute Gasteiger partial charge is 0.673 e. The molecule has 1 aromatic heterocycles. The van der Waals surface area contributed by atoms with Crippen LogP contribution in [0, 0.1) is 13.8 Å². The SMILES string of the molecule is Cc1cc(C)c[n+](C2=CN(C)CC[N+](C)=C2)c1.F[B-](F)(F)F.F[B-](F)(F)F. The summed E-state index contributed by atoms with van der Waals surface area (Å²) in [6.07, 6.45) is 8.73. The molecule has 2 heterocycles. The second-order valence-electron chi connectivity index (χ2n) is 5.93. The molecule has 0 spiro atoms. The first-order valence-electron chi connectivity index (χ1n) is 7.76. The van der Waals surface area contributed by atoms with Gasteiger partial charge in [0.15, 0.2) is 18.9 Å². The molecule has 2 rings (SSSR count). The van der Waals surface area contributed by atoms with E-state index in [1.165, 1.54) is 16.8 Å². The fourth-order valence-corrected chi connectivity index (χ4v) is 2.12. The van der Waals surface area contributed by atoms with E-state index < -0.39 is 14.5 Å². The molecule has 0 radical (unpaired) electrons. The standard InChI is InChI=1S/C14H21N3.2BF4/c1-12-7-13(2)9-17(8-12)14-10-15(3)5-6-16(4)11-14;2*2-1(3,4)5/h7-11H,5-6H2,1-4H3;;/q+2;2*-1. The van der Waals surface area contributed by atoms with Gasteiger partial charge in [0.1, 0.15) is 7.05 Å². The maximum Gasteiger partial charge on any atom is 0.673 e. The Morgan fingerprint density at radius 3 is 1.70 bits per heavy atom. The van der Waals surface area contributed by atoms with E-state index in [-0.39, 0.29) is 0 Å². The van der Waals surface area contributed by atoms with Crippen molar-refractivity contribution >= 4 is 26.4 Å². The van der Waals surface area contributed by atoms with Crippen LogP contribution < -0.4 is 4.57 Å². The van der Waals surface area contributed by atoms with Gasteiger partial charge in [-0.3, -0.25) is 0 Å². The van der Waals surface area contributed by atoms with Gasteiger partial charge in [-0.25, -0.2) is 4.58 Å². The van der Waals surface area contributed by atoms with Crippen LogP contribution in [-0.4, -0.2) is 57.4 Å². The van der Waals surface area contributed by atoms with Crippen LogP contribution in [0.2, 0.25) is 0 Å². The summed E-state index contributed by atoms with van der Waals surface area (Å²) in [4.78, 5) is 2.24. The van der Waals surface area contributed by atoms with Crippen LogP contribution in [0.1, 0.15) is 11.1 Å². The van der Waals surface area contributed by atoms with E-state index in [0.717, 1.165) is 13.1 Å². The number of likely N-dealkylation sites (N-methyl/N-ethyl adjacent to an activating group) is 2. The maximum atomic E-state index is 9.75. The summed E-state index contributed by atoms with van der Waals surface area (Å²) in [5.74, 6) is 0. The van der Waals surface area contributed by atoms with Crippen molar-refractivity contribution in [2.24, 2.45) is 0 Å². The molecule has 0 fully saturated rings. The van der Waals surface area contributed by atoms with Gasteiger partial charge >= 0.3 is 14.5 Å². The molecule has 0 saturated carbocycles. The van der Waals surface area contributed by atoms with Gasteiger partial charge in [-0.1, -0.05) is 0 Å². The van der Waals surface area contributed by atoms with Crippen molar-refractivity contribution in [3.63, 3.8) is 0 Å². The minimum atomic E-state index is -6.00. The Kier molecular flexibility index (Phi) is 9.52. The van der Waals surface area contributed by atoms with Gasteiger partial charge in [0.25, 0.3) is 5.70 Å². The third kappa shape index (κ3) is 15.9. The molecule has 0 aliphatic carbocycles. The summed E-state index contributed by atoms with van der Waals surface area (Å²) in [6.45, 7) is 6.38. The molecule has 0 aromatic carbocycles. The number of halogens is 8. The van der Waals surface area contributed by atoms with Crippen molar-refractivity contribution in [3.8, 4) is 0 Å². The van der Waals surface area contributed by atoms with Crippen molar-refractivity contribution in [1.29, 1.82) is 0 Å². The van der Waals surface area contributed by atoms with E-state index in [1.807, 2.05) is 0 Å². The molecule has 1 aliphatic heterocycles. The molecule has 27 heavy (non-hydrogen) atoms. The minimum Gasteiger partial charge on any atom is -0.418 e. The first-order valence-corrected chi connectivity index (χ1v) is 7.76. The summed E-state index contributed by atoms with van der Waals surface area (Å²) in [7, 11) is -7.76. The lowest BCUT2D eigenvalue weighted by Gasteiger charge is -2.08. The third-order valence-corrected chi connectivity index (χ3v) is 2.95. The monoisotopic (exact) mass is 405 g/mol. The number of aromatic nitrogens is 1. The van der Waals surface area contributed by atoms with Crippen molar-refractivity contribution in [2.45, 2.75) is 13.8 Å². The van der Waals surface area contributed by atoms with Crippen LogP contribution in [0.25, 0.3) is 5.70 Å². The molecule has 0 amide bonds. The number of rotatable bonds is 1. The second kappa shape index (κ2) is 10.3. The number of allylic oxidation sites excluding steroid dienone is 1. The average molecular weight is 405 g/mol. The predicted molar refractivity (Wildman–Crippen MR) is 90.5 cm³/mol. The zero-order valence-electron chi connectivity index (χ0n) is 15.3. The van der Waals surface area contributed by atoms with Gasteiger partial charge in [-0.15, -0.1) is 0 Å². The summed E-state index contributed by atoms with van der Waals surface area (Å²) in [5, 5.41) is 0. The molecule has 0 unspecified atom stereocenters. The van der Waals surface area contributed by atoms with Crippen molar-refractivity contribution in [1.82, 2.24) is 4.90 Å². The highest BCUT2D eigenvalue weighted by Crippen LogP contribution is 2.07. The second-order valence-corrected chi connectivity index (χ2v) is 5.93. The van der Waals surface area contributed by atoms with Gasteiger partial charge in [0, 0.05) is 18.2 Å². The molecule has 13 heteroatoms. The Morgan fingerprint density at radius 1 is 0.889 bits per heavy atom.